The minimum atomic E-state index is -0.516. The van der Waals surface area contributed by atoms with Crippen LogP contribution < -0.4 is 5.32 Å². The highest BCUT2D eigenvalue weighted by Crippen LogP contribution is 2.21. The molecule has 2 N–H and O–H groups in total. The Morgan fingerprint density at radius 1 is 1.32 bits per heavy atom. The number of aryl methyl sites for hydroxylation is 1. The molecule has 0 fully saturated rings. The van der Waals surface area contributed by atoms with Gasteiger partial charge in [-0.1, -0.05) is 18.2 Å². The van der Waals surface area contributed by atoms with Crippen molar-refractivity contribution in [1.29, 1.82) is 0 Å². The molecule has 0 aliphatic heterocycles. The Labute approximate surface area is 128 Å². The third-order valence-electron chi connectivity index (χ3n) is 3.73. The number of furan rings is 1. The van der Waals surface area contributed by atoms with Crippen LogP contribution in [0.2, 0.25) is 0 Å². The van der Waals surface area contributed by atoms with Gasteiger partial charge in [-0.3, -0.25) is 4.79 Å². The topological polar surface area (TPSA) is 67.4 Å². The number of benzene rings is 1. The van der Waals surface area contributed by atoms with Crippen LogP contribution in [0.1, 0.15) is 17.4 Å². The maximum atomic E-state index is 12.3. The molecule has 0 radical (unpaired) electrons. The highest BCUT2D eigenvalue weighted by Gasteiger charge is 2.17. The molecular formula is C17H18N2O3. The molecular weight excluding hydrogens is 280 g/mol. The largest absolute Gasteiger partial charge is 0.467 e. The van der Waals surface area contributed by atoms with Crippen LogP contribution in [0.25, 0.3) is 10.9 Å². The Kier molecular flexibility index (Phi) is 3.98. The van der Waals surface area contributed by atoms with Gasteiger partial charge in [-0.15, -0.1) is 0 Å². The third-order valence-corrected chi connectivity index (χ3v) is 3.73. The van der Waals surface area contributed by atoms with E-state index in [2.05, 4.69) is 5.32 Å². The first-order valence-electron chi connectivity index (χ1n) is 7.15. The lowest BCUT2D eigenvalue weighted by molar-refractivity contribution is -0.121. The summed E-state index contributed by atoms with van der Waals surface area (Å²) in [6.07, 6.45) is 3.75. The summed E-state index contributed by atoms with van der Waals surface area (Å²) in [4.78, 5) is 12.3. The molecule has 114 valence electrons. The van der Waals surface area contributed by atoms with Gasteiger partial charge in [-0.25, -0.2) is 0 Å². The van der Waals surface area contributed by atoms with Gasteiger partial charge in [0.25, 0.3) is 0 Å². The number of fused-ring (bicyclic) bond motifs is 1. The number of carbonyl (C=O) groups is 1. The second-order valence-electron chi connectivity index (χ2n) is 5.28. The van der Waals surface area contributed by atoms with E-state index in [-0.39, 0.29) is 18.9 Å². The summed E-state index contributed by atoms with van der Waals surface area (Å²) < 4.78 is 7.24. The lowest BCUT2D eigenvalue weighted by Gasteiger charge is -2.13. The third kappa shape index (κ3) is 2.76. The maximum Gasteiger partial charge on any atom is 0.225 e. The molecule has 0 bridgehead atoms. The standard InChI is InChI=1S/C17H18N2O3/c1-19-10-12(13-5-2-3-6-15(13)19)9-17(21)18-14(11-20)16-7-4-8-22-16/h2-8,10,14,20H,9,11H2,1H3,(H,18,21). The number of hydrogen-bond donors (Lipinski definition) is 2. The Balaban J connectivity index is 1.76. The molecule has 0 aliphatic rings. The summed E-state index contributed by atoms with van der Waals surface area (Å²) in [6, 6.07) is 10.9. The lowest BCUT2D eigenvalue weighted by Crippen LogP contribution is -2.31. The summed E-state index contributed by atoms with van der Waals surface area (Å²) in [5.74, 6) is 0.403. The quantitative estimate of drug-likeness (QED) is 0.758. The Morgan fingerprint density at radius 3 is 2.86 bits per heavy atom. The zero-order valence-corrected chi connectivity index (χ0v) is 12.3. The monoisotopic (exact) mass is 298 g/mol. The van der Waals surface area contributed by atoms with Gasteiger partial charge in [-0.05, 0) is 23.8 Å². The number of amides is 1. The fraction of sp³-hybridized carbons (Fsp3) is 0.235. The van der Waals surface area contributed by atoms with E-state index in [4.69, 9.17) is 4.42 Å². The molecule has 0 saturated carbocycles. The van der Waals surface area contributed by atoms with Crippen molar-refractivity contribution in [2.75, 3.05) is 6.61 Å². The van der Waals surface area contributed by atoms with Gasteiger partial charge in [0.15, 0.2) is 0 Å². The molecule has 5 heteroatoms. The van der Waals surface area contributed by atoms with Crippen LogP contribution in [0, 0.1) is 0 Å². The zero-order chi connectivity index (χ0) is 15.5. The SMILES string of the molecule is Cn1cc(CC(=O)NC(CO)c2ccco2)c2ccccc21. The molecule has 1 unspecified atom stereocenters. The van der Waals surface area contributed by atoms with Crippen LogP contribution in [-0.2, 0) is 18.3 Å². The van der Waals surface area contributed by atoms with Crippen LogP contribution >= 0.6 is 0 Å². The minimum Gasteiger partial charge on any atom is -0.467 e. The lowest BCUT2D eigenvalue weighted by atomic mass is 10.1. The highest BCUT2D eigenvalue weighted by atomic mass is 16.3. The highest BCUT2D eigenvalue weighted by molar-refractivity contribution is 5.89. The first kappa shape index (κ1) is 14.4. The molecule has 1 atom stereocenters. The van der Waals surface area contributed by atoms with Gasteiger partial charge in [0.1, 0.15) is 11.8 Å². The van der Waals surface area contributed by atoms with Crippen molar-refractivity contribution in [3.8, 4) is 0 Å². The number of aliphatic hydroxyl groups is 1. The van der Waals surface area contributed by atoms with Crippen molar-refractivity contribution < 1.29 is 14.3 Å². The number of nitrogens with zero attached hydrogens (tertiary/aromatic N) is 1. The second-order valence-corrected chi connectivity index (χ2v) is 5.28. The first-order valence-corrected chi connectivity index (χ1v) is 7.15. The fourth-order valence-corrected chi connectivity index (χ4v) is 2.68. The number of hydrogen-bond acceptors (Lipinski definition) is 3. The van der Waals surface area contributed by atoms with Crippen molar-refractivity contribution in [2.24, 2.45) is 7.05 Å². The van der Waals surface area contributed by atoms with Crippen LogP contribution in [0.3, 0.4) is 0 Å². The van der Waals surface area contributed by atoms with E-state index < -0.39 is 6.04 Å². The molecule has 0 aliphatic carbocycles. The summed E-state index contributed by atoms with van der Waals surface area (Å²) in [6.45, 7) is -0.200. The number of aliphatic hydroxyl groups excluding tert-OH is 1. The normalized spacial score (nSPS) is 12.5. The minimum absolute atomic E-state index is 0.146. The molecule has 2 aromatic heterocycles. The van der Waals surface area contributed by atoms with Crippen molar-refractivity contribution in [3.63, 3.8) is 0 Å². The van der Waals surface area contributed by atoms with Crippen LogP contribution in [-0.4, -0.2) is 22.2 Å². The molecule has 22 heavy (non-hydrogen) atoms. The van der Waals surface area contributed by atoms with Crippen molar-refractivity contribution in [2.45, 2.75) is 12.5 Å². The average molecular weight is 298 g/mol. The van der Waals surface area contributed by atoms with Crippen molar-refractivity contribution in [1.82, 2.24) is 9.88 Å². The average Bonchev–Trinajstić information content (AvgIpc) is 3.15. The number of aromatic nitrogens is 1. The Hall–Kier alpha value is -2.53. The van der Waals surface area contributed by atoms with Crippen LogP contribution in [0.4, 0.5) is 0 Å². The van der Waals surface area contributed by atoms with E-state index >= 15 is 0 Å². The van der Waals surface area contributed by atoms with Gasteiger partial charge >= 0.3 is 0 Å². The first-order chi connectivity index (χ1) is 10.7. The molecule has 5 nitrogen and oxygen atoms in total. The van der Waals surface area contributed by atoms with E-state index in [0.29, 0.717) is 5.76 Å². The maximum absolute atomic E-state index is 12.3. The van der Waals surface area contributed by atoms with E-state index in [1.807, 2.05) is 42.1 Å². The molecule has 0 saturated heterocycles. The predicted octanol–water partition coefficient (Wildman–Crippen LogP) is 2.16. The second kappa shape index (κ2) is 6.07. The van der Waals surface area contributed by atoms with Crippen molar-refractivity contribution >= 4 is 16.8 Å². The molecule has 3 rings (SSSR count). The summed E-state index contributed by atoms with van der Waals surface area (Å²) >= 11 is 0. The molecule has 1 aromatic carbocycles. The molecule has 3 aromatic rings. The van der Waals surface area contributed by atoms with Gasteiger partial charge in [0, 0.05) is 24.1 Å². The summed E-state index contributed by atoms with van der Waals surface area (Å²) in [7, 11) is 1.96. The number of rotatable bonds is 5. The smallest absolute Gasteiger partial charge is 0.225 e. The van der Waals surface area contributed by atoms with E-state index in [9.17, 15) is 9.90 Å². The summed E-state index contributed by atoms with van der Waals surface area (Å²) in [5, 5.41) is 13.3. The number of para-hydroxylation sites is 1. The molecule has 0 spiro atoms. The van der Waals surface area contributed by atoms with Gasteiger partial charge in [0.05, 0.1) is 19.3 Å². The molecule has 1 amide bonds. The van der Waals surface area contributed by atoms with E-state index in [0.717, 1.165) is 16.5 Å². The molecule has 2 heterocycles. The van der Waals surface area contributed by atoms with Gasteiger partial charge in [0.2, 0.25) is 5.91 Å². The van der Waals surface area contributed by atoms with Gasteiger partial charge < -0.3 is 19.4 Å². The Morgan fingerprint density at radius 2 is 2.14 bits per heavy atom. The number of carbonyl (C=O) groups excluding carboxylic acids is 1. The van der Waals surface area contributed by atoms with Crippen LogP contribution in [0.5, 0.6) is 0 Å². The summed E-state index contributed by atoms with van der Waals surface area (Å²) in [5.41, 5.74) is 2.06. The van der Waals surface area contributed by atoms with Gasteiger partial charge in [-0.2, -0.15) is 0 Å². The van der Waals surface area contributed by atoms with Crippen molar-refractivity contribution in [3.05, 3.63) is 60.2 Å². The number of nitrogens with one attached hydrogen (secondary N) is 1. The van der Waals surface area contributed by atoms with E-state index in [1.165, 1.54) is 6.26 Å². The van der Waals surface area contributed by atoms with Crippen LogP contribution in [0.15, 0.2) is 53.3 Å². The fourth-order valence-electron chi connectivity index (χ4n) is 2.68. The van der Waals surface area contributed by atoms with E-state index in [1.54, 1.807) is 12.1 Å². The predicted molar refractivity (Wildman–Crippen MR) is 83.3 cm³/mol. The zero-order valence-electron chi connectivity index (χ0n) is 12.3. The Bertz CT molecular complexity index is 774.